The first-order valence-corrected chi connectivity index (χ1v) is 22.6. The van der Waals surface area contributed by atoms with E-state index < -0.39 is 0 Å². The van der Waals surface area contributed by atoms with Crippen LogP contribution in [0.4, 0.5) is 0 Å². The van der Waals surface area contributed by atoms with Gasteiger partial charge in [-0.15, -0.1) is 22.7 Å². The van der Waals surface area contributed by atoms with E-state index in [1.54, 1.807) is 11.3 Å². The quantitative estimate of drug-likeness (QED) is 0.177. The van der Waals surface area contributed by atoms with Crippen molar-refractivity contribution >= 4 is 107 Å². The summed E-state index contributed by atoms with van der Waals surface area (Å²) in [6.45, 7) is 2.14. The summed E-state index contributed by atoms with van der Waals surface area (Å²) >= 11 is 3.59. The molecule has 0 N–H and O–H groups in total. The molecule has 292 valence electrons. The highest BCUT2D eigenvalue weighted by molar-refractivity contribution is 7.27. The van der Waals surface area contributed by atoms with Crippen molar-refractivity contribution in [3.8, 4) is 45.8 Å². The summed E-state index contributed by atoms with van der Waals surface area (Å²) in [7, 11) is 0. The molecule has 0 saturated heterocycles. The van der Waals surface area contributed by atoms with E-state index in [-0.39, 0.29) is 0 Å². The highest BCUT2D eigenvalue weighted by Gasteiger charge is 2.32. The molecule has 0 aliphatic heterocycles. The Balaban J connectivity index is 1.29. The van der Waals surface area contributed by atoms with Crippen molar-refractivity contribution in [2.45, 2.75) is 6.92 Å². The minimum Gasteiger partial charge on any atom is -0.307 e. The molecule has 4 nitrogen and oxygen atoms in total. The van der Waals surface area contributed by atoms with Crippen LogP contribution in [-0.4, -0.2) is 9.13 Å². The predicted octanol–water partition coefficient (Wildman–Crippen LogP) is 16.0. The average molecular weight is 837 g/mol. The van der Waals surface area contributed by atoms with Gasteiger partial charge < -0.3 is 9.13 Å². The van der Waals surface area contributed by atoms with Gasteiger partial charge in [0.05, 0.1) is 49.3 Å². The lowest BCUT2D eigenvalue weighted by atomic mass is 9.86. The molecule has 0 aliphatic rings. The predicted molar refractivity (Wildman–Crippen MR) is 266 cm³/mol. The van der Waals surface area contributed by atoms with Gasteiger partial charge in [0.25, 0.3) is 0 Å². The van der Waals surface area contributed by atoms with Gasteiger partial charge in [0.1, 0.15) is 12.1 Å². The van der Waals surface area contributed by atoms with Gasteiger partial charge in [0.2, 0.25) is 0 Å². The Morgan fingerprint density at radius 1 is 0.413 bits per heavy atom. The Bertz CT molecular complexity index is 4170. The molecule has 0 aliphatic carbocycles. The standard InChI is InChI=1S/C57H32N4S2/c1-33-24-28-46-42(30-33)52-47(29-27-40-37-19-9-12-22-48(37)62-56(40)52)60(46)53-43(31-58)51(35-16-6-3-7-17-35)54(44(32-59)50(53)34-14-4-2-5-15-34)61-45-21-11-8-18-36(45)39-25-26-41-38-20-10-13-23-49(38)63-57(41)55(39)61/h2-30H,1H3. The lowest BCUT2D eigenvalue weighted by molar-refractivity contribution is 1.13. The van der Waals surface area contributed by atoms with Crippen molar-refractivity contribution in [3.63, 3.8) is 0 Å². The van der Waals surface area contributed by atoms with E-state index in [1.807, 2.05) is 47.7 Å². The van der Waals surface area contributed by atoms with Crippen molar-refractivity contribution < 1.29 is 0 Å². The zero-order chi connectivity index (χ0) is 41.9. The Kier molecular flexibility index (Phi) is 7.66. The van der Waals surface area contributed by atoms with Crippen molar-refractivity contribution in [1.82, 2.24) is 9.13 Å². The van der Waals surface area contributed by atoms with Gasteiger partial charge in [0.15, 0.2) is 0 Å². The summed E-state index contributed by atoms with van der Waals surface area (Å²) in [5.41, 5.74) is 10.7. The fourth-order valence-corrected chi connectivity index (χ4v) is 12.8. The van der Waals surface area contributed by atoms with Crippen LogP contribution >= 0.6 is 22.7 Å². The Hall–Kier alpha value is -8.00. The van der Waals surface area contributed by atoms with Gasteiger partial charge in [-0.05, 0) is 54.4 Å². The van der Waals surface area contributed by atoms with Crippen LogP contribution in [0.15, 0.2) is 176 Å². The molecule has 6 heteroatoms. The number of fused-ring (bicyclic) bond motifs is 14. The number of rotatable bonds is 4. The van der Waals surface area contributed by atoms with Crippen LogP contribution in [-0.2, 0) is 0 Å². The Morgan fingerprint density at radius 3 is 1.56 bits per heavy atom. The monoisotopic (exact) mass is 836 g/mol. The van der Waals surface area contributed by atoms with Crippen LogP contribution in [0, 0.1) is 29.6 Å². The fraction of sp³-hybridized carbons (Fsp3) is 0.0175. The zero-order valence-corrected chi connectivity index (χ0v) is 35.5. The smallest absolute Gasteiger partial charge is 0.102 e. The first kappa shape index (κ1) is 35.7. The molecule has 0 fully saturated rings. The van der Waals surface area contributed by atoms with Crippen molar-refractivity contribution in [3.05, 3.63) is 193 Å². The number of nitriles is 2. The molecule has 9 aromatic carbocycles. The molecule has 4 heterocycles. The Morgan fingerprint density at radius 2 is 0.905 bits per heavy atom. The highest BCUT2D eigenvalue weighted by Crippen LogP contribution is 2.51. The first-order valence-electron chi connectivity index (χ1n) is 21.0. The Labute approximate surface area is 369 Å². The van der Waals surface area contributed by atoms with Gasteiger partial charge >= 0.3 is 0 Å². The van der Waals surface area contributed by atoms with Gasteiger partial charge in [0, 0.05) is 68.3 Å². The summed E-state index contributed by atoms with van der Waals surface area (Å²) in [6.07, 6.45) is 0. The molecule has 0 radical (unpaired) electrons. The molecule has 0 atom stereocenters. The van der Waals surface area contributed by atoms with Gasteiger partial charge in [-0.3, -0.25) is 0 Å². The summed E-state index contributed by atoms with van der Waals surface area (Å²) in [4.78, 5) is 0. The number of hydrogen-bond acceptors (Lipinski definition) is 4. The molecule has 4 aromatic heterocycles. The van der Waals surface area contributed by atoms with Crippen molar-refractivity contribution in [2.75, 3.05) is 0 Å². The number of benzene rings is 9. The molecule has 0 amide bonds. The van der Waals surface area contributed by atoms with Crippen LogP contribution in [0.2, 0.25) is 0 Å². The lowest BCUT2D eigenvalue weighted by Crippen LogP contribution is -2.11. The first-order chi connectivity index (χ1) is 31.1. The normalized spacial score (nSPS) is 11.9. The molecule has 13 aromatic rings. The second-order valence-electron chi connectivity index (χ2n) is 16.2. The summed E-state index contributed by atoms with van der Waals surface area (Å²) in [5.74, 6) is 0. The second kappa shape index (κ2) is 13.5. The van der Waals surface area contributed by atoms with E-state index in [9.17, 15) is 10.5 Å². The molecule has 0 saturated carbocycles. The number of hydrogen-bond donors (Lipinski definition) is 0. The van der Waals surface area contributed by atoms with Crippen molar-refractivity contribution in [1.29, 1.82) is 10.5 Å². The van der Waals surface area contributed by atoms with Gasteiger partial charge in [-0.2, -0.15) is 10.5 Å². The number of aromatic nitrogens is 2. The minimum atomic E-state index is 0.499. The molecule has 0 spiro atoms. The largest absolute Gasteiger partial charge is 0.307 e. The van der Waals surface area contributed by atoms with E-state index in [4.69, 9.17) is 0 Å². The van der Waals surface area contributed by atoms with Crippen LogP contribution in [0.5, 0.6) is 0 Å². The van der Waals surface area contributed by atoms with Gasteiger partial charge in [-0.1, -0.05) is 145 Å². The van der Waals surface area contributed by atoms with E-state index >= 15 is 0 Å². The number of nitrogens with zero attached hydrogens (tertiary/aromatic N) is 4. The average Bonchev–Trinajstić information content (AvgIpc) is 4.08. The third-order valence-corrected chi connectivity index (χ3v) is 15.2. The second-order valence-corrected chi connectivity index (χ2v) is 18.3. The third-order valence-electron chi connectivity index (χ3n) is 12.9. The van der Waals surface area contributed by atoms with E-state index in [0.717, 1.165) is 76.1 Å². The molecular weight excluding hydrogens is 805 g/mol. The SMILES string of the molecule is Cc1ccc2c(c1)c1c3sc4ccccc4c3ccc1n2-c1c(C#N)c(-c2ccccc2)c(-n2c3ccccc3c3ccc4c5ccccc5sc4c32)c(C#N)c1-c1ccccc1. The number of para-hydroxylation sites is 1. The van der Waals surface area contributed by atoms with Crippen LogP contribution < -0.4 is 0 Å². The topological polar surface area (TPSA) is 57.4 Å². The lowest BCUT2D eigenvalue weighted by Gasteiger charge is -2.25. The molecule has 63 heavy (non-hydrogen) atoms. The van der Waals surface area contributed by atoms with Crippen LogP contribution in [0.1, 0.15) is 16.7 Å². The fourth-order valence-electron chi connectivity index (χ4n) is 10.3. The van der Waals surface area contributed by atoms with E-state index in [0.29, 0.717) is 22.5 Å². The van der Waals surface area contributed by atoms with Gasteiger partial charge in [-0.25, -0.2) is 0 Å². The molecule has 13 rings (SSSR count). The highest BCUT2D eigenvalue weighted by atomic mass is 32.1. The molecule has 0 bridgehead atoms. The summed E-state index contributed by atoms with van der Waals surface area (Å²) in [6, 6.07) is 67.3. The maximum atomic E-state index is 12.0. The van der Waals surface area contributed by atoms with E-state index in [2.05, 4.69) is 168 Å². The third kappa shape index (κ3) is 4.94. The van der Waals surface area contributed by atoms with Crippen LogP contribution in [0.25, 0.3) is 118 Å². The minimum absolute atomic E-state index is 0.499. The number of thiophene rings is 2. The van der Waals surface area contributed by atoms with Crippen molar-refractivity contribution in [2.24, 2.45) is 0 Å². The molecule has 0 unspecified atom stereocenters. The number of aryl methyl sites for hydroxylation is 1. The summed E-state index contributed by atoms with van der Waals surface area (Å²) in [5, 5.41) is 33.3. The summed E-state index contributed by atoms with van der Waals surface area (Å²) < 4.78 is 9.37. The zero-order valence-electron chi connectivity index (χ0n) is 33.8. The molecular formula is C57H32N4S2. The van der Waals surface area contributed by atoms with E-state index in [1.165, 1.54) is 35.6 Å². The van der Waals surface area contributed by atoms with Crippen LogP contribution in [0.3, 0.4) is 0 Å². The maximum absolute atomic E-state index is 12.0. The maximum Gasteiger partial charge on any atom is 0.102 e.